The second kappa shape index (κ2) is 8.37. The van der Waals surface area contributed by atoms with E-state index in [0.717, 1.165) is 34.3 Å². The van der Waals surface area contributed by atoms with Gasteiger partial charge in [0.15, 0.2) is 0 Å². The highest BCUT2D eigenvalue weighted by Gasteiger charge is 2.22. The van der Waals surface area contributed by atoms with Gasteiger partial charge in [-0.05, 0) is 47.5 Å². The van der Waals surface area contributed by atoms with E-state index in [1.807, 2.05) is 30.3 Å². The van der Waals surface area contributed by atoms with E-state index in [-0.39, 0.29) is 18.0 Å². The maximum atomic E-state index is 11.3. The zero-order valence-electron chi connectivity index (χ0n) is 14.7. The van der Waals surface area contributed by atoms with Crippen LogP contribution in [0.25, 0.3) is 11.3 Å². The van der Waals surface area contributed by atoms with Crippen LogP contribution in [0.4, 0.5) is 0 Å². The number of pyridine rings is 1. The van der Waals surface area contributed by atoms with E-state index in [4.69, 9.17) is 16.3 Å². The number of amides is 1. The summed E-state index contributed by atoms with van der Waals surface area (Å²) in [4.78, 5) is 15.9. The number of hydrogen-bond donors (Lipinski definition) is 2. The standard InChI is InChI=1S/C19H21BrClN3O2/c1-11(22-10-12-6-9-17(25)23-12)13-7-8-16(24-19(13)26-2)14-4-3-5-15(20)18(14)21/h3-5,7-8,11-12,22H,6,9-10H2,1-2H3,(H,23,25)/t11-,12-/m0/s1. The first-order chi connectivity index (χ1) is 12.5. The first-order valence-corrected chi connectivity index (χ1v) is 9.68. The summed E-state index contributed by atoms with van der Waals surface area (Å²) in [6.07, 6.45) is 1.47. The van der Waals surface area contributed by atoms with Gasteiger partial charge in [0.25, 0.3) is 0 Å². The second-order valence-electron chi connectivity index (χ2n) is 6.33. The SMILES string of the molecule is COc1nc(-c2cccc(Br)c2Cl)ccc1[C@H](C)NC[C@@H]1CCC(=O)N1. The average Bonchev–Trinajstić information content (AvgIpc) is 3.06. The number of benzene rings is 1. The molecule has 1 saturated heterocycles. The Morgan fingerprint density at radius 3 is 2.92 bits per heavy atom. The van der Waals surface area contributed by atoms with Crippen molar-refractivity contribution >= 4 is 33.4 Å². The number of carbonyl (C=O) groups is 1. The van der Waals surface area contributed by atoms with Crippen molar-refractivity contribution in [3.8, 4) is 17.1 Å². The molecule has 0 unspecified atom stereocenters. The van der Waals surface area contributed by atoms with E-state index in [2.05, 4.69) is 38.5 Å². The van der Waals surface area contributed by atoms with Crippen LogP contribution in [-0.4, -0.2) is 30.6 Å². The predicted octanol–water partition coefficient (Wildman–Crippen LogP) is 4.10. The van der Waals surface area contributed by atoms with Crippen molar-refractivity contribution in [2.45, 2.75) is 31.8 Å². The van der Waals surface area contributed by atoms with Crippen molar-refractivity contribution in [2.24, 2.45) is 0 Å². The van der Waals surface area contributed by atoms with Crippen molar-refractivity contribution in [1.82, 2.24) is 15.6 Å². The molecule has 3 rings (SSSR count). The molecule has 2 atom stereocenters. The van der Waals surface area contributed by atoms with Crippen LogP contribution in [0.15, 0.2) is 34.8 Å². The Kier molecular flexibility index (Phi) is 6.16. The molecular formula is C19H21BrClN3O2. The fourth-order valence-electron chi connectivity index (χ4n) is 3.06. The van der Waals surface area contributed by atoms with Gasteiger partial charge in [-0.1, -0.05) is 23.7 Å². The Bertz CT molecular complexity index is 815. The third-order valence-corrected chi connectivity index (χ3v) is 5.83. The average molecular weight is 439 g/mol. The van der Waals surface area contributed by atoms with Crippen LogP contribution in [0.5, 0.6) is 5.88 Å². The van der Waals surface area contributed by atoms with E-state index in [1.54, 1.807) is 7.11 Å². The van der Waals surface area contributed by atoms with Gasteiger partial charge in [-0.15, -0.1) is 0 Å². The molecule has 2 N–H and O–H groups in total. The molecular weight excluding hydrogens is 418 g/mol. The molecule has 1 fully saturated rings. The highest BCUT2D eigenvalue weighted by atomic mass is 79.9. The zero-order valence-corrected chi connectivity index (χ0v) is 17.0. The minimum Gasteiger partial charge on any atom is -0.481 e. The van der Waals surface area contributed by atoms with Gasteiger partial charge in [-0.25, -0.2) is 4.98 Å². The summed E-state index contributed by atoms with van der Waals surface area (Å²) in [5.74, 6) is 0.688. The third-order valence-electron chi connectivity index (χ3n) is 4.53. The van der Waals surface area contributed by atoms with Crippen LogP contribution in [-0.2, 0) is 4.79 Å². The Labute approximate surface area is 166 Å². The van der Waals surface area contributed by atoms with Gasteiger partial charge >= 0.3 is 0 Å². The number of rotatable bonds is 6. The minimum absolute atomic E-state index is 0.0435. The summed E-state index contributed by atoms with van der Waals surface area (Å²) in [5, 5.41) is 7.03. The normalized spacial score (nSPS) is 17.8. The van der Waals surface area contributed by atoms with E-state index in [0.29, 0.717) is 17.3 Å². The second-order valence-corrected chi connectivity index (χ2v) is 7.56. The molecule has 2 aromatic rings. The molecule has 1 aromatic heterocycles. The van der Waals surface area contributed by atoms with Crippen molar-refractivity contribution in [1.29, 1.82) is 0 Å². The first kappa shape index (κ1) is 19.1. The monoisotopic (exact) mass is 437 g/mol. The summed E-state index contributed by atoms with van der Waals surface area (Å²) < 4.78 is 6.34. The van der Waals surface area contributed by atoms with Gasteiger partial charge in [0.2, 0.25) is 11.8 Å². The van der Waals surface area contributed by atoms with Crippen LogP contribution in [0.3, 0.4) is 0 Å². The number of methoxy groups -OCH3 is 1. The van der Waals surface area contributed by atoms with Crippen LogP contribution >= 0.6 is 27.5 Å². The van der Waals surface area contributed by atoms with Crippen LogP contribution in [0, 0.1) is 0 Å². The van der Waals surface area contributed by atoms with E-state index in [1.165, 1.54) is 0 Å². The zero-order chi connectivity index (χ0) is 18.7. The lowest BCUT2D eigenvalue weighted by Crippen LogP contribution is -2.36. The van der Waals surface area contributed by atoms with Gasteiger partial charge in [0.05, 0.1) is 17.8 Å². The smallest absolute Gasteiger partial charge is 0.220 e. The lowest BCUT2D eigenvalue weighted by molar-refractivity contribution is -0.119. The van der Waals surface area contributed by atoms with E-state index >= 15 is 0 Å². The molecule has 0 radical (unpaired) electrons. The number of halogens is 2. The largest absolute Gasteiger partial charge is 0.481 e. The van der Waals surface area contributed by atoms with Gasteiger partial charge in [-0.3, -0.25) is 4.79 Å². The molecule has 0 bridgehead atoms. The molecule has 7 heteroatoms. The molecule has 1 amide bonds. The van der Waals surface area contributed by atoms with E-state index < -0.39 is 0 Å². The summed E-state index contributed by atoms with van der Waals surface area (Å²) >= 11 is 9.83. The first-order valence-electron chi connectivity index (χ1n) is 8.51. The number of carbonyl (C=O) groups excluding carboxylic acids is 1. The molecule has 1 aromatic carbocycles. The molecule has 0 aliphatic carbocycles. The minimum atomic E-state index is 0.0435. The number of nitrogens with one attached hydrogen (secondary N) is 2. The number of hydrogen-bond acceptors (Lipinski definition) is 4. The fourth-order valence-corrected chi connectivity index (χ4v) is 3.64. The Balaban J connectivity index is 1.78. The number of aromatic nitrogens is 1. The molecule has 138 valence electrons. The summed E-state index contributed by atoms with van der Waals surface area (Å²) in [7, 11) is 1.61. The topological polar surface area (TPSA) is 63.2 Å². The molecule has 2 heterocycles. The van der Waals surface area contributed by atoms with Gasteiger partial charge < -0.3 is 15.4 Å². The van der Waals surface area contributed by atoms with Crippen molar-refractivity contribution in [2.75, 3.05) is 13.7 Å². The van der Waals surface area contributed by atoms with Gasteiger partial charge in [-0.2, -0.15) is 0 Å². The highest BCUT2D eigenvalue weighted by molar-refractivity contribution is 9.10. The summed E-state index contributed by atoms with van der Waals surface area (Å²) in [5.41, 5.74) is 2.57. The number of ether oxygens (including phenoxy) is 1. The Morgan fingerprint density at radius 1 is 1.42 bits per heavy atom. The lowest BCUT2D eigenvalue weighted by atomic mass is 10.1. The third kappa shape index (κ3) is 4.19. The Hall–Kier alpha value is -1.63. The van der Waals surface area contributed by atoms with Gasteiger partial charge in [0, 0.05) is 40.6 Å². The highest BCUT2D eigenvalue weighted by Crippen LogP contribution is 2.35. The molecule has 0 spiro atoms. The maximum absolute atomic E-state index is 11.3. The summed E-state index contributed by atoms with van der Waals surface area (Å²) in [6.45, 7) is 2.78. The fraction of sp³-hybridized carbons (Fsp3) is 0.368. The maximum Gasteiger partial charge on any atom is 0.220 e. The van der Waals surface area contributed by atoms with Crippen molar-refractivity contribution in [3.05, 3.63) is 45.4 Å². The van der Waals surface area contributed by atoms with Crippen LogP contribution in [0.2, 0.25) is 5.02 Å². The van der Waals surface area contributed by atoms with Gasteiger partial charge in [0.1, 0.15) is 0 Å². The van der Waals surface area contributed by atoms with Crippen LogP contribution < -0.4 is 15.4 Å². The molecule has 1 aliphatic rings. The predicted molar refractivity (Wildman–Crippen MR) is 107 cm³/mol. The lowest BCUT2D eigenvalue weighted by Gasteiger charge is -2.20. The molecule has 5 nitrogen and oxygen atoms in total. The molecule has 26 heavy (non-hydrogen) atoms. The van der Waals surface area contributed by atoms with Crippen LogP contribution in [0.1, 0.15) is 31.4 Å². The number of nitrogens with zero attached hydrogens (tertiary/aromatic N) is 1. The van der Waals surface area contributed by atoms with Crippen molar-refractivity contribution < 1.29 is 9.53 Å². The van der Waals surface area contributed by atoms with Crippen molar-refractivity contribution in [3.63, 3.8) is 0 Å². The Morgan fingerprint density at radius 2 is 2.23 bits per heavy atom. The molecule has 1 aliphatic heterocycles. The summed E-state index contributed by atoms with van der Waals surface area (Å²) in [6, 6.07) is 9.92. The molecule has 0 saturated carbocycles. The van der Waals surface area contributed by atoms with E-state index in [9.17, 15) is 4.79 Å². The quantitative estimate of drug-likeness (QED) is 0.713.